The molecule has 1 aliphatic heterocycles. The molecule has 4 rings (SSSR count). The van der Waals surface area contributed by atoms with E-state index in [4.69, 9.17) is 4.74 Å². The van der Waals surface area contributed by atoms with Crippen LogP contribution in [0.3, 0.4) is 0 Å². The second kappa shape index (κ2) is 10.1. The van der Waals surface area contributed by atoms with Gasteiger partial charge in [-0.25, -0.2) is 17.2 Å². The third-order valence-electron chi connectivity index (χ3n) is 5.46. The normalized spacial score (nSPS) is 16.6. The van der Waals surface area contributed by atoms with Crippen LogP contribution in [-0.2, 0) is 26.1 Å². The lowest BCUT2D eigenvalue weighted by Gasteiger charge is -2.29. The zero-order valence-electron chi connectivity index (χ0n) is 17.9. The van der Waals surface area contributed by atoms with Crippen molar-refractivity contribution in [1.82, 2.24) is 8.87 Å². The molecule has 7 nitrogen and oxygen atoms in total. The first-order valence-corrected chi connectivity index (χ1v) is 13.6. The van der Waals surface area contributed by atoms with Gasteiger partial charge in [0.15, 0.2) is 10.6 Å². The number of rotatable bonds is 7. The SMILES string of the molecule is CCOCCn1c(=NC(=O)C2CCN(S(=O)(=O)c3cccs3)CC2)sc2cc(F)cc(F)c21. The standard InChI is InChI=1S/C21H23F2N3O4S3/c1-2-30-10-9-26-19-16(23)12-15(22)13-17(19)32-21(26)24-20(27)14-5-7-25(8-6-14)33(28,29)18-4-3-11-31-18/h3-4,11-14H,2,5-10H2,1H3. The van der Waals surface area contributed by atoms with Crippen LogP contribution in [0.1, 0.15) is 19.8 Å². The van der Waals surface area contributed by atoms with Crippen LogP contribution in [0.15, 0.2) is 38.8 Å². The molecule has 3 aromatic rings. The molecule has 0 spiro atoms. The van der Waals surface area contributed by atoms with E-state index in [-0.39, 0.29) is 40.1 Å². The Morgan fingerprint density at radius 2 is 2.03 bits per heavy atom. The van der Waals surface area contributed by atoms with Crippen LogP contribution in [0.5, 0.6) is 0 Å². The third kappa shape index (κ3) is 5.09. The second-order valence-corrected chi connectivity index (χ2v) is 11.6. The maximum absolute atomic E-state index is 14.5. The van der Waals surface area contributed by atoms with Crippen LogP contribution < -0.4 is 4.80 Å². The Kier molecular flexibility index (Phi) is 7.39. The van der Waals surface area contributed by atoms with Crippen molar-refractivity contribution in [3.63, 3.8) is 0 Å². The first-order chi connectivity index (χ1) is 15.8. The summed E-state index contributed by atoms with van der Waals surface area (Å²) >= 11 is 2.20. The molecule has 0 radical (unpaired) electrons. The summed E-state index contributed by atoms with van der Waals surface area (Å²) in [5.41, 5.74) is 0.185. The van der Waals surface area contributed by atoms with Gasteiger partial charge >= 0.3 is 0 Å². The molecular formula is C21H23F2N3O4S3. The topological polar surface area (TPSA) is 81.0 Å². The molecule has 1 aromatic carbocycles. The Hall–Kier alpha value is -1.99. The fourth-order valence-corrected chi connectivity index (χ4v) is 7.50. The molecule has 1 fully saturated rings. The van der Waals surface area contributed by atoms with Gasteiger partial charge in [0, 0.05) is 38.2 Å². The molecule has 2 aromatic heterocycles. The highest BCUT2D eigenvalue weighted by molar-refractivity contribution is 7.91. The molecule has 12 heteroatoms. The Morgan fingerprint density at radius 3 is 2.70 bits per heavy atom. The fraction of sp³-hybridized carbons (Fsp3) is 0.429. The molecule has 0 N–H and O–H groups in total. The summed E-state index contributed by atoms with van der Waals surface area (Å²) in [4.78, 5) is 17.4. The second-order valence-electron chi connectivity index (χ2n) is 7.53. The highest BCUT2D eigenvalue weighted by Crippen LogP contribution is 2.27. The number of ether oxygens (including phenoxy) is 1. The van der Waals surface area contributed by atoms with Crippen molar-refractivity contribution >= 4 is 48.8 Å². The molecule has 3 heterocycles. The van der Waals surface area contributed by atoms with Crippen molar-refractivity contribution in [1.29, 1.82) is 0 Å². The molecule has 0 bridgehead atoms. The van der Waals surface area contributed by atoms with E-state index >= 15 is 0 Å². The number of carbonyl (C=O) groups excluding carboxylic acids is 1. The minimum atomic E-state index is -3.56. The van der Waals surface area contributed by atoms with Crippen molar-refractivity contribution in [2.45, 2.75) is 30.5 Å². The predicted octanol–water partition coefficient (Wildman–Crippen LogP) is 3.61. The monoisotopic (exact) mass is 515 g/mol. The number of hydrogen-bond donors (Lipinski definition) is 0. The number of carbonyl (C=O) groups is 1. The lowest BCUT2D eigenvalue weighted by atomic mass is 9.98. The van der Waals surface area contributed by atoms with Crippen LogP contribution in [0, 0.1) is 17.6 Å². The average molecular weight is 516 g/mol. The molecule has 0 atom stereocenters. The molecule has 178 valence electrons. The molecule has 33 heavy (non-hydrogen) atoms. The van der Waals surface area contributed by atoms with Crippen LogP contribution in [0.4, 0.5) is 8.78 Å². The summed E-state index contributed by atoms with van der Waals surface area (Å²) in [5, 5.41) is 1.71. The van der Waals surface area contributed by atoms with Crippen molar-refractivity contribution in [2.24, 2.45) is 10.9 Å². The lowest BCUT2D eigenvalue weighted by Crippen LogP contribution is -2.40. The smallest absolute Gasteiger partial charge is 0.252 e. The number of hydrogen-bond acceptors (Lipinski definition) is 6. The van der Waals surface area contributed by atoms with Crippen LogP contribution in [0.25, 0.3) is 10.2 Å². The van der Waals surface area contributed by atoms with Crippen LogP contribution >= 0.6 is 22.7 Å². The Balaban J connectivity index is 1.56. The Morgan fingerprint density at radius 1 is 1.27 bits per heavy atom. The quantitative estimate of drug-likeness (QED) is 0.451. The summed E-state index contributed by atoms with van der Waals surface area (Å²) in [5.74, 6) is -2.25. The van der Waals surface area contributed by atoms with E-state index in [0.717, 1.165) is 28.7 Å². The maximum Gasteiger partial charge on any atom is 0.252 e. The number of benzene rings is 1. The third-order valence-corrected chi connectivity index (χ3v) is 9.75. The Labute approximate surface area is 198 Å². The molecule has 1 amide bonds. The minimum Gasteiger partial charge on any atom is -0.380 e. The molecular weight excluding hydrogens is 492 g/mol. The lowest BCUT2D eigenvalue weighted by molar-refractivity contribution is -0.122. The van der Waals surface area contributed by atoms with Gasteiger partial charge in [-0.3, -0.25) is 4.79 Å². The van der Waals surface area contributed by atoms with E-state index in [1.165, 1.54) is 10.4 Å². The summed E-state index contributed by atoms with van der Waals surface area (Å²) < 4.78 is 62.6. The van der Waals surface area contributed by atoms with Crippen molar-refractivity contribution < 1.29 is 26.7 Å². The van der Waals surface area contributed by atoms with Gasteiger partial charge in [0.2, 0.25) is 0 Å². The van der Waals surface area contributed by atoms with E-state index in [0.29, 0.717) is 30.8 Å². The molecule has 1 saturated heterocycles. The first-order valence-electron chi connectivity index (χ1n) is 10.5. The molecule has 0 unspecified atom stereocenters. The highest BCUT2D eigenvalue weighted by Gasteiger charge is 2.32. The highest BCUT2D eigenvalue weighted by atomic mass is 32.2. The zero-order chi connectivity index (χ0) is 23.6. The van der Waals surface area contributed by atoms with Gasteiger partial charge in [0.05, 0.1) is 16.8 Å². The molecule has 0 saturated carbocycles. The minimum absolute atomic E-state index is 0.185. The summed E-state index contributed by atoms with van der Waals surface area (Å²) in [6.07, 6.45) is 0.694. The van der Waals surface area contributed by atoms with Crippen molar-refractivity contribution in [2.75, 3.05) is 26.3 Å². The molecule has 1 aliphatic rings. The van der Waals surface area contributed by atoms with Gasteiger partial charge in [-0.2, -0.15) is 9.30 Å². The van der Waals surface area contributed by atoms with Crippen LogP contribution in [-0.4, -0.2) is 49.5 Å². The van der Waals surface area contributed by atoms with Gasteiger partial charge in [-0.05, 0) is 37.3 Å². The fourth-order valence-electron chi connectivity index (χ4n) is 3.79. The van der Waals surface area contributed by atoms with Gasteiger partial charge in [0.1, 0.15) is 10.0 Å². The van der Waals surface area contributed by atoms with Crippen molar-refractivity contribution in [3.8, 4) is 0 Å². The maximum atomic E-state index is 14.5. The zero-order valence-corrected chi connectivity index (χ0v) is 20.3. The number of thiazole rings is 1. The number of fused-ring (bicyclic) bond motifs is 1. The number of nitrogens with zero attached hydrogens (tertiary/aromatic N) is 3. The number of amides is 1. The van der Waals surface area contributed by atoms with E-state index in [9.17, 15) is 22.0 Å². The predicted molar refractivity (Wildman–Crippen MR) is 123 cm³/mol. The van der Waals surface area contributed by atoms with Gasteiger partial charge < -0.3 is 9.30 Å². The van der Waals surface area contributed by atoms with E-state index < -0.39 is 27.6 Å². The summed E-state index contributed by atoms with van der Waals surface area (Å²) in [7, 11) is -3.56. The van der Waals surface area contributed by atoms with E-state index in [1.807, 2.05) is 6.92 Å². The van der Waals surface area contributed by atoms with Gasteiger partial charge in [-0.1, -0.05) is 17.4 Å². The number of piperidine rings is 1. The number of sulfonamides is 1. The number of halogens is 2. The number of aromatic nitrogens is 1. The average Bonchev–Trinajstić information content (AvgIpc) is 3.43. The first kappa shape index (κ1) is 24.1. The van der Waals surface area contributed by atoms with Crippen LogP contribution in [0.2, 0.25) is 0 Å². The summed E-state index contributed by atoms with van der Waals surface area (Å²) in [6.45, 7) is 3.33. The number of thiophene rings is 1. The summed E-state index contributed by atoms with van der Waals surface area (Å²) in [6, 6.07) is 5.28. The largest absolute Gasteiger partial charge is 0.380 e. The van der Waals surface area contributed by atoms with E-state index in [1.54, 1.807) is 22.1 Å². The van der Waals surface area contributed by atoms with Crippen molar-refractivity contribution in [3.05, 3.63) is 46.1 Å². The van der Waals surface area contributed by atoms with Gasteiger partial charge in [-0.15, -0.1) is 11.3 Å². The molecule has 0 aliphatic carbocycles. The van der Waals surface area contributed by atoms with Gasteiger partial charge in [0.25, 0.3) is 15.9 Å². The van der Waals surface area contributed by atoms with E-state index in [2.05, 4.69) is 4.99 Å². The Bertz CT molecular complexity index is 1310.